The summed E-state index contributed by atoms with van der Waals surface area (Å²) < 4.78 is 4.90. The Morgan fingerprint density at radius 1 is 1.57 bits per heavy atom. The summed E-state index contributed by atoms with van der Waals surface area (Å²) in [5, 5.41) is 10.0. The van der Waals surface area contributed by atoms with Gasteiger partial charge in [0.1, 0.15) is 0 Å². The average Bonchev–Trinajstić information content (AvgIpc) is 2.18. The number of likely N-dealkylation sites (tertiary alicyclic amines) is 1. The van der Waals surface area contributed by atoms with Crippen LogP contribution < -0.4 is 0 Å². The minimum atomic E-state index is -0.703. The Morgan fingerprint density at radius 2 is 2.29 bits per heavy atom. The third kappa shape index (κ3) is 2.61. The molecular formula is C10H19NO3. The number of rotatable bonds is 2. The van der Waals surface area contributed by atoms with Gasteiger partial charge in [-0.1, -0.05) is 6.92 Å². The van der Waals surface area contributed by atoms with Crippen LogP contribution in [0.1, 0.15) is 33.1 Å². The van der Waals surface area contributed by atoms with E-state index in [2.05, 4.69) is 0 Å². The maximum absolute atomic E-state index is 11.4. The maximum Gasteiger partial charge on any atom is 0.409 e. The van der Waals surface area contributed by atoms with E-state index in [9.17, 15) is 9.90 Å². The van der Waals surface area contributed by atoms with Crippen molar-refractivity contribution in [2.24, 2.45) is 0 Å². The summed E-state index contributed by atoms with van der Waals surface area (Å²) in [5.74, 6) is 0. The number of nitrogens with zero attached hydrogens (tertiary/aromatic N) is 1. The van der Waals surface area contributed by atoms with E-state index < -0.39 is 5.60 Å². The topological polar surface area (TPSA) is 49.8 Å². The summed E-state index contributed by atoms with van der Waals surface area (Å²) in [6, 6.07) is 0. The second kappa shape index (κ2) is 4.64. The zero-order chi connectivity index (χ0) is 10.6. The molecule has 14 heavy (non-hydrogen) atoms. The molecule has 0 saturated carbocycles. The minimum Gasteiger partial charge on any atom is -0.450 e. The lowest BCUT2D eigenvalue weighted by atomic mass is 9.91. The van der Waals surface area contributed by atoms with Crippen LogP contribution in [0.25, 0.3) is 0 Å². The first-order chi connectivity index (χ1) is 6.61. The van der Waals surface area contributed by atoms with Crippen LogP contribution in [0.15, 0.2) is 0 Å². The van der Waals surface area contributed by atoms with E-state index in [-0.39, 0.29) is 6.09 Å². The number of piperidine rings is 1. The summed E-state index contributed by atoms with van der Waals surface area (Å²) >= 11 is 0. The van der Waals surface area contributed by atoms with Gasteiger partial charge in [-0.25, -0.2) is 4.79 Å². The fourth-order valence-corrected chi connectivity index (χ4v) is 1.77. The number of carbonyl (C=O) groups excluding carboxylic acids is 1. The highest BCUT2D eigenvalue weighted by molar-refractivity contribution is 5.67. The Kier molecular flexibility index (Phi) is 3.75. The molecule has 1 atom stereocenters. The predicted octanol–water partition coefficient (Wildman–Crippen LogP) is 1.38. The lowest BCUT2D eigenvalue weighted by molar-refractivity contribution is -0.0314. The normalized spacial score (nSPS) is 27.5. The minimum absolute atomic E-state index is 0.306. The highest BCUT2D eigenvalue weighted by Gasteiger charge is 2.33. The molecule has 1 N–H and O–H groups in total. The standard InChI is InChI=1S/C10H19NO3/c1-3-10(13)6-5-7-11(8-10)9(12)14-4-2/h13H,3-8H2,1-2H3. The van der Waals surface area contributed by atoms with Gasteiger partial charge >= 0.3 is 6.09 Å². The molecule has 1 saturated heterocycles. The zero-order valence-corrected chi connectivity index (χ0v) is 8.95. The smallest absolute Gasteiger partial charge is 0.409 e. The van der Waals surface area contributed by atoms with Crippen molar-refractivity contribution >= 4 is 6.09 Å². The van der Waals surface area contributed by atoms with E-state index in [4.69, 9.17) is 4.74 Å². The number of aliphatic hydroxyl groups is 1. The molecular weight excluding hydrogens is 182 g/mol. The van der Waals surface area contributed by atoms with Crippen molar-refractivity contribution in [2.75, 3.05) is 19.7 Å². The van der Waals surface area contributed by atoms with Crippen molar-refractivity contribution in [2.45, 2.75) is 38.7 Å². The zero-order valence-electron chi connectivity index (χ0n) is 8.95. The molecule has 0 radical (unpaired) electrons. The first kappa shape index (κ1) is 11.3. The van der Waals surface area contributed by atoms with E-state index >= 15 is 0 Å². The molecule has 1 amide bonds. The van der Waals surface area contributed by atoms with Gasteiger partial charge in [0.2, 0.25) is 0 Å². The molecule has 1 rings (SSSR count). The van der Waals surface area contributed by atoms with Gasteiger partial charge in [-0.3, -0.25) is 0 Å². The van der Waals surface area contributed by atoms with Crippen molar-refractivity contribution < 1.29 is 14.6 Å². The van der Waals surface area contributed by atoms with E-state index in [0.717, 1.165) is 12.8 Å². The first-order valence-electron chi connectivity index (χ1n) is 5.25. The highest BCUT2D eigenvalue weighted by atomic mass is 16.6. The van der Waals surface area contributed by atoms with Crippen LogP contribution in [-0.4, -0.2) is 41.4 Å². The summed E-state index contributed by atoms with van der Waals surface area (Å²) in [4.78, 5) is 13.0. The van der Waals surface area contributed by atoms with E-state index in [0.29, 0.717) is 26.1 Å². The Hall–Kier alpha value is -0.770. The number of carbonyl (C=O) groups is 1. The molecule has 0 aliphatic carbocycles. The van der Waals surface area contributed by atoms with Crippen molar-refractivity contribution in [3.63, 3.8) is 0 Å². The highest BCUT2D eigenvalue weighted by Crippen LogP contribution is 2.24. The molecule has 1 aliphatic heterocycles. The van der Waals surface area contributed by atoms with E-state index in [1.807, 2.05) is 6.92 Å². The van der Waals surface area contributed by atoms with Gasteiger partial charge in [0.05, 0.1) is 18.8 Å². The van der Waals surface area contributed by atoms with Crippen LogP contribution >= 0.6 is 0 Å². The number of ether oxygens (including phenoxy) is 1. The maximum atomic E-state index is 11.4. The molecule has 1 unspecified atom stereocenters. The molecule has 0 aromatic rings. The quantitative estimate of drug-likeness (QED) is 0.734. The van der Waals surface area contributed by atoms with Crippen molar-refractivity contribution in [3.8, 4) is 0 Å². The van der Waals surface area contributed by atoms with Crippen LogP contribution in [-0.2, 0) is 4.74 Å². The molecule has 1 heterocycles. The monoisotopic (exact) mass is 201 g/mol. The molecule has 0 spiro atoms. The van der Waals surface area contributed by atoms with Crippen molar-refractivity contribution in [3.05, 3.63) is 0 Å². The van der Waals surface area contributed by atoms with Gasteiger partial charge in [0.15, 0.2) is 0 Å². The molecule has 4 heteroatoms. The van der Waals surface area contributed by atoms with Gasteiger partial charge in [-0.05, 0) is 26.2 Å². The third-order valence-electron chi connectivity index (χ3n) is 2.74. The largest absolute Gasteiger partial charge is 0.450 e. The average molecular weight is 201 g/mol. The molecule has 4 nitrogen and oxygen atoms in total. The third-order valence-corrected chi connectivity index (χ3v) is 2.74. The number of hydrogen-bond acceptors (Lipinski definition) is 3. The molecule has 0 aromatic heterocycles. The first-order valence-corrected chi connectivity index (χ1v) is 5.25. The Balaban J connectivity index is 2.51. The van der Waals surface area contributed by atoms with Crippen LogP contribution in [0.2, 0.25) is 0 Å². The van der Waals surface area contributed by atoms with Crippen molar-refractivity contribution in [1.29, 1.82) is 0 Å². The van der Waals surface area contributed by atoms with Gasteiger partial charge in [0.25, 0.3) is 0 Å². The van der Waals surface area contributed by atoms with Crippen LogP contribution in [0, 0.1) is 0 Å². The molecule has 0 aromatic carbocycles. The predicted molar refractivity (Wildman–Crippen MR) is 53.1 cm³/mol. The van der Waals surface area contributed by atoms with Gasteiger partial charge in [0, 0.05) is 6.54 Å². The Labute approximate surface area is 84.8 Å². The molecule has 0 bridgehead atoms. The van der Waals surface area contributed by atoms with Crippen LogP contribution in [0.4, 0.5) is 4.79 Å². The summed E-state index contributed by atoms with van der Waals surface area (Å²) in [7, 11) is 0. The summed E-state index contributed by atoms with van der Waals surface area (Å²) in [6.07, 6.45) is 2.00. The lowest BCUT2D eigenvalue weighted by Crippen LogP contribution is -2.50. The molecule has 82 valence electrons. The van der Waals surface area contributed by atoms with Crippen LogP contribution in [0.3, 0.4) is 0 Å². The number of amides is 1. The summed E-state index contributed by atoms with van der Waals surface area (Å²) in [6.45, 7) is 5.21. The second-order valence-corrected chi connectivity index (χ2v) is 3.80. The van der Waals surface area contributed by atoms with Gasteiger partial charge in [-0.2, -0.15) is 0 Å². The van der Waals surface area contributed by atoms with Crippen molar-refractivity contribution in [1.82, 2.24) is 4.90 Å². The Bertz CT molecular complexity index is 208. The lowest BCUT2D eigenvalue weighted by Gasteiger charge is -2.37. The van der Waals surface area contributed by atoms with Gasteiger partial charge < -0.3 is 14.7 Å². The van der Waals surface area contributed by atoms with E-state index in [1.54, 1.807) is 11.8 Å². The molecule has 1 fully saturated rings. The van der Waals surface area contributed by atoms with E-state index in [1.165, 1.54) is 0 Å². The summed E-state index contributed by atoms with van der Waals surface area (Å²) in [5.41, 5.74) is -0.703. The SMILES string of the molecule is CCOC(=O)N1CCCC(O)(CC)C1. The van der Waals surface area contributed by atoms with Crippen LogP contribution in [0.5, 0.6) is 0 Å². The number of β-amino-alcohol motifs (C(OH)–C–C–N with tert-alkyl or cyclic N) is 1. The number of hydrogen-bond donors (Lipinski definition) is 1. The Morgan fingerprint density at radius 3 is 2.86 bits per heavy atom. The fraction of sp³-hybridized carbons (Fsp3) is 0.900. The second-order valence-electron chi connectivity index (χ2n) is 3.80. The fourth-order valence-electron chi connectivity index (χ4n) is 1.77. The molecule has 1 aliphatic rings. The van der Waals surface area contributed by atoms with Gasteiger partial charge in [-0.15, -0.1) is 0 Å².